The van der Waals surface area contributed by atoms with E-state index in [-0.39, 0.29) is 11.1 Å². The number of hydrogen-bond donors (Lipinski definition) is 0. The minimum Gasteiger partial charge on any atom is -0.458 e. The van der Waals surface area contributed by atoms with Gasteiger partial charge in [-0.2, -0.15) is 0 Å². The van der Waals surface area contributed by atoms with Gasteiger partial charge in [0.05, 0.1) is 5.56 Å². The van der Waals surface area contributed by atoms with E-state index in [1.54, 1.807) is 32.0 Å². The van der Waals surface area contributed by atoms with E-state index in [0.717, 1.165) is 47.6 Å². The van der Waals surface area contributed by atoms with E-state index in [1.165, 1.54) is 45.1 Å². The van der Waals surface area contributed by atoms with E-state index in [0.29, 0.717) is 0 Å². The first-order chi connectivity index (χ1) is 24.9. The lowest BCUT2D eigenvalue weighted by atomic mass is 9.74. The molecule has 2 aliphatic carbocycles. The predicted molar refractivity (Wildman–Crippen MR) is 187 cm³/mol. The summed E-state index contributed by atoms with van der Waals surface area (Å²) in [6.07, 6.45) is -3.33. The van der Waals surface area contributed by atoms with Gasteiger partial charge in [-0.1, -0.05) is 51.1 Å². The second-order valence-corrected chi connectivity index (χ2v) is 14.5. The van der Waals surface area contributed by atoms with Crippen molar-refractivity contribution in [1.29, 1.82) is 0 Å². The molecule has 0 unspecified atom stereocenters. The molecule has 0 aliphatic heterocycles. The predicted octanol–water partition coefficient (Wildman–Crippen LogP) is 4.08. The monoisotopic (exact) mass is 756 g/mol. The minimum atomic E-state index is -2.39. The maximum Gasteiger partial charge on any atom is 0.338 e. The molecule has 1 fully saturated rings. The van der Waals surface area contributed by atoms with E-state index in [2.05, 4.69) is 0 Å². The highest BCUT2D eigenvalue weighted by atomic mass is 16.6. The summed E-state index contributed by atoms with van der Waals surface area (Å²) in [4.78, 5) is 106. The molecule has 1 saturated carbocycles. The van der Waals surface area contributed by atoms with Gasteiger partial charge in [0.25, 0.3) is 0 Å². The van der Waals surface area contributed by atoms with Crippen molar-refractivity contribution in [1.82, 2.24) is 0 Å². The second kappa shape index (κ2) is 16.4. The van der Waals surface area contributed by atoms with Crippen LogP contribution in [0.4, 0.5) is 0 Å². The van der Waals surface area contributed by atoms with Gasteiger partial charge in [-0.15, -0.1) is 0 Å². The van der Waals surface area contributed by atoms with Gasteiger partial charge in [0.2, 0.25) is 0 Å². The first-order valence-corrected chi connectivity index (χ1v) is 17.2. The van der Waals surface area contributed by atoms with Crippen molar-refractivity contribution in [3.05, 3.63) is 59.7 Å². The molecule has 15 nitrogen and oxygen atoms in total. The summed E-state index contributed by atoms with van der Waals surface area (Å²) in [5.41, 5.74) is -8.23. The molecule has 0 aromatic heterocycles. The number of benzene rings is 1. The summed E-state index contributed by atoms with van der Waals surface area (Å²) < 4.78 is 41.0. The molecular weight excluding hydrogens is 708 g/mol. The molecule has 0 amide bonds. The van der Waals surface area contributed by atoms with Crippen LogP contribution in [0.1, 0.15) is 92.9 Å². The van der Waals surface area contributed by atoms with Gasteiger partial charge in [0.15, 0.2) is 47.0 Å². The van der Waals surface area contributed by atoms with Crippen LogP contribution in [-0.4, -0.2) is 88.8 Å². The number of carbonyl (C=O) groups excluding carboxylic acids is 8. The SMILES string of the molecule is CC(=O)O[C@@H]1[C@@H](OC(C)=O)C(C)(C)/C=C/[C@H](C)C(=O)[C@@]2(OC(C)=O)C[C@@](C)(OC(C)=O)[C@H](OC(=O)c3ccccc3)/C2=C\[C@](C)(OC(C)=O)[C@@H]1OC(C)=O. The fraction of sp³-hybridized carbons (Fsp3) is 0.538. The number of fused-ring (bicyclic) bond motifs is 1. The molecule has 0 heterocycles. The van der Waals surface area contributed by atoms with Gasteiger partial charge >= 0.3 is 41.8 Å². The van der Waals surface area contributed by atoms with Crippen LogP contribution in [0.5, 0.6) is 0 Å². The first kappa shape index (κ1) is 43.1. The lowest BCUT2D eigenvalue weighted by Crippen LogP contribution is -2.60. The summed E-state index contributed by atoms with van der Waals surface area (Å²) in [6, 6.07) is 7.71. The van der Waals surface area contributed by atoms with Gasteiger partial charge in [0, 0.05) is 64.9 Å². The van der Waals surface area contributed by atoms with Crippen molar-refractivity contribution >= 4 is 47.6 Å². The molecule has 294 valence electrons. The topological polar surface area (TPSA) is 201 Å². The van der Waals surface area contributed by atoms with Crippen LogP contribution in [0.15, 0.2) is 54.1 Å². The fourth-order valence-corrected chi connectivity index (χ4v) is 7.11. The van der Waals surface area contributed by atoms with Gasteiger partial charge in [-0.3, -0.25) is 33.6 Å². The van der Waals surface area contributed by atoms with E-state index in [9.17, 15) is 38.4 Å². The number of ether oxygens (including phenoxy) is 7. The molecule has 0 bridgehead atoms. The van der Waals surface area contributed by atoms with Crippen LogP contribution in [-0.2, 0) is 66.7 Å². The molecule has 54 heavy (non-hydrogen) atoms. The van der Waals surface area contributed by atoms with Gasteiger partial charge in [0.1, 0.15) is 0 Å². The third-order valence-corrected chi connectivity index (χ3v) is 9.05. The molecule has 3 rings (SSSR count). The zero-order chi connectivity index (χ0) is 41.0. The largest absolute Gasteiger partial charge is 0.458 e. The Kier molecular flexibility index (Phi) is 13.0. The molecule has 0 spiro atoms. The number of esters is 7. The third kappa shape index (κ3) is 9.60. The normalized spacial score (nSPS) is 32.0. The molecular formula is C39H48O15. The highest BCUT2D eigenvalue weighted by Gasteiger charge is 2.67. The van der Waals surface area contributed by atoms with Crippen molar-refractivity contribution in [3.8, 4) is 0 Å². The van der Waals surface area contributed by atoms with Crippen molar-refractivity contribution in [3.63, 3.8) is 0 Å². The summed E-state index contributed by atoms with van der Waals surface area (Å²) in [6.45, 7) is 13.7. The lowest BCUT2D eigenvalue weighted by molar-refractivity contribution is -0.213. The smallest absolute Gasteiger partial charge is 0.338 e. The second-order valence-electron chi connectivity index (χ2n) is 14.5. The Morgan fingerprint density at radius 1 is 0.648 bits per heavy atom. The maximum absolute atomic E-state index is 14.9. The average molecular weight is 757 g/mol. The number of rotatable bonds is 8. The summed E-state index contributed by atoms with van der Waals surface area (Å²) in [5.74, 6) is -8.31. The van der Waals surface area contributed by atoms with E-state index in [1.807, 2.05) is 0 Å². The highest BCUT2D eigenvalue weighted by Crippen LogP contribution is 2.52. The number of allylic oxidation sites excluding steroid dienone is 1. The zero-order valence-electron chi connectivity index (χ0n) is 32.3. The minimum absolute atomic E-state index is 0.0611. The number of ketones is 1. The standard InChI is InChI=1S/C39H48O15/c1-21-17-18-36(8,9)33(49-23(3)41)30(48-22(2)40)34(50-24(4)42)37(10,52-25(5)43)19-29-32(51-35(47)28-15-13-12-14-16-28)38(11,53-26(6)44)20-39(29,31(21)46)54-27(7)45/h12-19,21,30,32-34H,20H2,1-11H3/b18-17+,29-19+/t21-,30+,32+,33+,34+,37-,38+,39+/m0/s1. The summed E-state index contributed by atoms with van der Waals surface area (Å²) in [5, 5.41) is 0. The molecule has 0 saturated heterocycles. The molecule has 0 N–H and O–H groups in total. The molecule has 1 aromatic carbocycles. The van der Waals surface area contributed by atoms with E-state index < -0.39 is 107 Å². The quantitative estimate of drug-likeness (QED) is 0.208. The average Bonchev–Trinajstić information content (AvgIpc) is 3.24. The Balaban J connectivity index is 2.65. The van der Waals surface area contributed by atoms with Crippen LogP contribution in [0, 0.1) is 11.3 Å². The number of Topliss-reactive ketones (excluding diaryl/α,β-unsaturated/α-hetero) is 1. The first-order valence-electron chi connectivity index (χ1n) is 17.2. The Hall–Kier alpha value is -5.34. The molecule has 15 heteroatoms. The van der Waals surface area contributed by atoms with Crippen LogP contribution in [0.2, 0.25) is 0 Å². The summed E-state index contributed by atoms with van der Waals surface area (Å²) in [7, 11) is 0. The van der Waals surface area contributed by atoms with Crippen molar-refractivity contribution in [2.75, 3.05) is 0 Å². The Bertz CT molecular complexity index is 1740. The Labute approximate surface area is 313 Å². The van der Waals surface area contributed by atoms with Gasteiger partial charge < -0.3 is 33.2 Å². The molecule has 2 aliphatic rings. The highest BCUT2D eigenvalue weighted by molar-refractivity contribution is 5.97. The Morgan fingerprint density at radius 3 is 1.67 bits per heavy atom. The lowest BCUT2D eigenvalue weighted by Gasteiger charge is -2.45. The van der Waals surface area contributed by atoms with E-state index >= 15 is 0 Å². The van der Waals surface area contributed by atoms with Crippen molar-refractivity contribution in [2.24, 2.45) is 11.3 Å². The van der Waals surface area contributed by atoms with Crippen molar-refractivity contribution < 1.29 is 71.5 Å². The van der Waals surface area contributed by atoms with Crippen LogP contribution >= 0.6 is 0 Å². The van der Waals surface area contributed by atoms with Crippen LogP contribution in [0.3, 0.4) is 0 Å². The molecule has 8 atom stereocenters. The van der Waals surface area contributed by atoms with E-state index in [4.69, 9.17) is 33.2 Å². The fourth-order valence-electron chi connectivity index (χ4n) is 7.11. The summed E-state index contributed by atoms with van der Waals surface area (Å²) >= 11 is 0. The maximum atomic E-state index is 14.9. The third-order valence-electron chi connectivity index (χ3n) is 9.05. The van der Waals surface area contributed by atoms with Gasteiger partial charge in [-0.25, -0.2) is 4.79 Å². The molecule has 0 radical (unpaired) electrons. The van der Waals surface area contributed by atoms with Crippen molar-refractivity contribution in [2.45, 2.75) is 124 Å². The van der Waals surface area contributed by atoms with Gasteiger partial charge in [-0.05, 0) is 32.1 Å². The zero-order valence-corrected chi connectivity index (χ0v) is 32.3. The number of carbonyl (C=O) groups is 8. The molecule has 1 aromatic rings. The van der Waals surface area contributed by atoms with Crippen LogP contribution < -0.4 is 0 Å². The van der Waals surface area contributed by atoms with Crippen LogP contribution in [0.25, 0.3) is 0 Å². The number of hydrogen-bond acceptors (Lipinski definition) is 15. The Morgan fingerprint density at radius 2 is 1.17 bits per heavy atom.